The Morgan fingerprint density at radius 3 is 2.49 bits per heavy atom. The van der Waals surface area contributed by atoms with Gasteiger partial charge in [-0.2, -0.15) is 0 Å². The van der Waals surface area contributed by atoms with Crippen LogP contribution in [0.3, 0.4) is 0 Å². The molecule has 0 bridgehead atoms. The molecule has 2 unspecified atom stereocenters. The Labute approximate surface area is 212 Å². The standard InChI is InChI=1S/C25H25Cl2NO7/c1-32-14-7-4-6-13(10-14)20-18(22(30)25(31)28(20)12-15-8-5-9-35-15)21(29)16-11-17(26)24(34-3)19(27)23(16)33-2/h4,6-7,10-11,15,20,29H,5,8-9,12H2,1-3H3/b21-18+. The van der Waals surface area contributed by atoms with Crippen LogP contribution in [0.1, 0.15) is 30.0 Å². The van der Waals surface area contributed by atoms with Gasteiger partial charge in [0.1, 0.15) is 16.5 Å². The Bertz CT molecular complexity index is 1190. The number of amides is 1. The lowest BCUT2D eigenvalue weighted by Gasteiger charge is -2.28. The van der Waals surface area contributed by atoms with Gasteiger partial charge in [0.05, 0.1) is 49.6 Å². The van der Waals surface area contributed by atoms with Gasteiger partial charge in [-0.05, 0) is 36.6 Å². The number of carbonyl (C=O) groups is 2. The van der Waals surface area contributed by atoms with Crippen molar-refractivity contribution >= 4 is 40.7 Å². The van der Waals surface area contributed by atoms with Crippen LogP contribution in [0.25, 0.3) is 5.76 Å². The van der Waals surface area contributed by atoms with E-state index in [4.69, 9.17) is 42.1 Å². The molecule has 2 saturated heterocycles. The van der Waals surface area contributed by atoms with Crippen molar-refractivity contribution in [2.45, 2.75) is 25.0 Å². The second kappa shape index (κ2) is 10.4. The summed E-state index contributed by atoms with van der Waals surface area (Å²) in [4.78, 5) is 28.0. The van der Waals surface area contributed by atoms with E-state index in [0.717, 1.165) is 12.8 Å². The van der Waals surface area contributed by atoms with Crippen LogP contribution >= 0.6 is 23.2 Å². The number of hydrogen-bond donors (Lipinski definition) is 1. The molecule has 35 heavy (non-hydrogen) atoms. The molecule has 2 heterocycles. The molecule has 2 aromatic carbocycles. The highest BCUT2D eigenvalue weighted by Crippen LogP contribution is 2.47. The van der Waals surface area contributed by atoms with Crippen LogP contribution in [0, 0.1) is 0 Å². The number of aliphatic hydroxyl groups excluding tert-OH is 1. The van der Waals surface area contributed by atoms with Crippen molar-refractivity contribution in [1.82, 2.24) is 4.90 Å². The summed E-state index contributed by atoms with van der Waals surface area (Å²) in [5, 5.41) is 11.6. The van der Waals surface area contributed by atoms with Crippen molar-refractivity contribution in [3.05, 3.63) is 57.1 Å². The molecular weight excluding hydrogens is 497 g/mol. The molecular formula is C25H25Cl2NO7. The number of ether oxygens (including phenoxy) is 4. The fourth-order valence-corrected chi connectivity index (χ4v) is 5.21. The number of aliphatic hydroxyl groups is 1. The van der Waals surface area contributed by atoms with Gasteiger partial charge in [0, 0.05) is 13.2 Å². The van der Waals surface area contributed by atoms with Gasteiger partial charge < -0.3 is 29.0 Å². The molecule has 186 valence electrons. The SMILES string of the molecule is COc1cccc(C2/C(=C(\O)c3cc(Cl)c(OC)c(Cl)c3OC)C(=O)C(=O)N2CC2CCCO2)c1. The van der Waals surface area contributed by atoms with Crippen molar-refractivity contribution in [3.8, 4) is 17.2 Å². The first-order valence-corrected chi connectivity index (χ1v) is 11.7. The molecule has 0 spiro atoms. The number of methoxy groups -OCH3 is 3. The molecule has 2 aromatic rings. The summed E-state index contributed by atoms with van der Waals surface area (Å²) < 4.78 is 21.7. The maximum atomic E-state index is 13.3. The molecule has 0 radical (unpaired) electrons. The van der Waals surface area contributed by atoms with Crippen LogP contribution in [0.2, 0.25) is 10.0 Å². The molecule has 0 aliphatic carbocycles. The summed E-state index contributed by atoms with van der Waals surface area (Å²) in [6.45, 7) is 0.795. The number of Topliss-reactive ketones (excluding diaryl/α,β-unsaturated/α-hetero) is 1. The molecule has 0 saturated carbocycles. The van der Waals surface area contributed by atoms with Gasteiger partial charge in [-0.1, -0.05) is 35.3 Å². The third-order valence-corrected chi connectivity index (χ3v) is 6.79. The summed E-state index contributed by atoms with van der Waals surface area (Å²) in [7, 11) is 4.28. The molecule has 2 atom stereocenters. The van der Waals surface area contributed by atoms with E-state index in [1.54, 1.807) is 24.3 Å². The minimum Gasteiger partial charge on any atom is -0.507 e. The van der Waals surface area contributed by atoms with E-state index in [2.05, 4.69) is 0 Å². The summed E-state index contributed by atoms with van der Waals surface area (Å²) in [5.74, 6) is -1.28. The van der Waals surface area contributed by atoms with Gasteiger partial charge in [-0.3, -0.25) is 9.59 Å². The Hall–Kier alpha value is -2.94. The highest BCUT2D eigenvalue weighted by atomic mass is 35.5. The third kappa shape index (κ3) is 4.53. The predicted molar refractivity (Wildman–Crippen MR) is 131 cm³/mol. The van der Waals surface area contributed by atoms with E-state index in [0.29, 0.717) is 17.9 Å². The Morgan fingerprint density at radius 1 is 1.11 bits per heavy atom. The summed E-state index contributed by atoms with van der Waals surface area (Å²) >= 11 is 12.7. The van der Waals surface area contributed by atoms with E-state index in [1.807, 2.05) is 0 Å². The number of halogens is 2. The molecule has 2 fully saturated rings. The minimum absolute atomic E-state index is 0.0237. The Balaban J connectivity index is 1.92. The van der Waals surface area contributed by atoms with Crippen LogP contribution in [-0.2, 0) is 14.3 Å². The number of nitrogens with zero attached hydrogens (tertiary/aromatic N) is 1. The molecule has 4 rings (SSSR count). The fraction of sp³-hybridized carbons (Fsp3) is 0.360. The lowest BCUT2D eigenvalue weighted by atomic mass is 9.94. The first kappa shape index (κ1) is 25.2. The maximum Gasteiger partial charge on any atom is 0.295 e. The monoisotopic (exact) mass is 521 g/mol. The zero-order valence-corrected chi connectivity index (χ0v) is 21.0. The largest absolute Gasteiger partial charge is 0.507 e. The average Bonchev–Trinajstić information content (AvgIpc) is 3.46. The number of carbonyl (C=O) groups excluding carboxylic acids is 2. The lowest BCUT2D eigenvalue weighted by Crippen LogP contribution is -2.36. The quantitative estimate of drug-likeness (QED) is 0.322. The molecule has 0 aromatic heterocycles. The Kier molecular flexibility index (Phi) is 7.44. The lowest BCUT2D eigenvalue weighted by molar-refractivity contribution is -0.140. The molecule has 10 heteroatoms. The van der Waals surface area contributed by atoms with E-state index in [-0.39, 0.29) is 45.3 Å². The van der Waals surface area contributed by atoms with E-state index in [1.165, 1.54) is 32.3 Å². The summed E-state index contributed by atoms with van der Waals surface area (Å²) in [5.41, 5.74) is 0.538. The van der Waals surface area contributed by atoms with Gasteiger partial charge in [0.25, 0.3) is 11.7 Å². The number of benzene rings is 2. The summed E-state index contributed by atoms with van der Waals surface area (Å²) in [6.07, 6.45) is 1.44. The predicted octanol–water partition coefficient (Wildman–Crippen LogP) is 4.62. The normalized spacial score (nSPS) is 21.5. The van der Waals surface area contributed by atoms with Crippen LogP contribution in [0.4, 0.5) is 0 Å². The second-order valence-corrected chi connectivity index (χ2v) is 8.93. The Morgan fingerprint density at radius 2 is 1.86 bits per heavy atom. The van der Waals surface area contributed by atoms with Crippen LogP contribution < -0.4 is 14.2 Å². The maximum absolute atomic E-state index is 13.3. The highest BCUT2D eigenvalue weighted by Gasteiger charge is 2.47. The van der Waals surface area contributed by atoms with Gasteiger partial charge in [0.15, 0.2) is 11.5 Å². The van der Waals surface area contributed by atoms with Crippen LogP contribution in [-0.4, -0.2) is 62.3 Å². The van der Waals surface area contributed by atoms with Crippen molar-refractivity contribution in [1.29, 1.82) is 0 Å². The fourth-order valence-electron chi connectivity index (χ4n) is 4.53. The highest BCUT2D eigenvalue weighted by molar-refractivity contribution is 6.47. The topological polar surface area (TPSA) is 94.5 Å². The van der Waals surface area contributed by atoms with Crippen LogP contribution in [0.15, 0.2) is 35.9 Å². The van der Waals surface area contributed by atoms with Gasteiger partial charge in [-0.25, -0.2) is 0 Å². The number of likely N-dealkylation sites (tertiary alicyclic amines) is 1. The first-order valence-electron chi connectivity index (χ1n) is 11.0. The number of rotatable bonds is 7. The minimum atomic E-state index is -0.890. The van der Waals surface area contributed by atoms with Gasteiger partial charge in [-0.15, -0.1) is 0 Å². The van der Waals surface area contributed by atoms with Crippen molar-refractivity contribution < 1.29 is 33.6 Å². The second-order valence-electron chi connectivity index (χ2n) is 8.15. The van der Waals surface area contributed by atoms with Crippen LogP contribution in [0.5, 0.6) is 17.2 Å². The van der Waals surface area contributed by atoms with Crippen molar-refractivity contribution in [2.24, 2.45) is 0 Å². The number of hydrogen-bond acceptors (Lipinski definition) is 7. The van der Waals surface area contributed by atoms with Crippen molar-refractivity contribution in [3.63, 3.8) is 0 Å². The zero-order chi connectivity index (χ0) is 25.3. The molecule has 1 N–H and O–H groups in total. The van der Waals surface area contributed by atoms with E-state index >= 15 is 0 Å². The molecule has 2 aliphatic heterocycles. The van der Waals surface area contributed by atoms with Gasteiger partial charge >= 0.3 is 0 Å². The van der Waals surface area contributed by atoms with E-state index < -0.39 is 23.5 Å². The summed E-state index contributed by atoms with van der Waals surface area (Å²) in [6, 6.07) is 7.48. The first-order chi connectivity index (χ1) is 16.8. The number of ketones is 1. The molecule has 8 nitrogen and oxygen atoms in total. The van der Waals surface area contributed by atoms with Gasteiger partial charge in [0.2, 0.25) is 0 Å². The molecule has 1 amide bonds. The molecule has 2 aliphatic rings. The van der Waals surface area contributed by atoms with E-state index in [9.17, 15) is 14.7 Å². The average molecular weight is 522 g/mol. The zero-order valence-electron chi connectivity index (χ0n) is 19.5. The smallest absolute Gasteiger partial charge is 0.295 e. The van der Waals surface area contributed by atoms with Crippen molar-refractivity contribution in [2.75, 3.05) is 34.5 Å². The third-order valence-electron chi connectivity index (χ3n) is 6.17.